The van der Waals surface area contributed by atoms with Gasteiger partial charge in [0.1, 0.15) is 12.1 Å². The molecular weight excluding hydrogens is 170 g/mol. The third kappa shape index (κ3) is 2.42. The first-order chi connectivity index (χ1) is 6.15. The molecule has 0 aromatic carbocycles. The molecule has 0 radical (unpaired) electrons. The van der Waals surface area contributed by atoms with Crippen LogP contribution in [0.5, 0.6) is 0 Å². The summed E-state index contributed by atoms with van der Waals surface area (Å²) in [5, 5.41) is 5.24. The Hall–Kier alpha value is -1.10. The molecule has 5 heteroatoms. The predicted octanol–water partition coefficient (Wildman–Crippen LogP) is -1.27. The Balaban J connectivity index is 2.46. The van der Waals surface area contributed by atoms with Gasteiger partial charge < -0.3 is 16.4 Å². The van der Waals surface area contributed by atoms with Crippen molar-refractivity contribution in [1.82, 2.24) is 10.6 Å². The number of piperazine rings is 1. The van der Waals surface area contributed by atoms with Gasteiger partial charge in [0.25, 0.3) is 0 Å². The van der Waals surface area contributed by atoms with E-state index in [1.165, 1.54) is 0 Å². The molecule has 0 aliphatic carbocycles. The summed E-state index contributed by atoms with van der Waals surface area (Å²) in [6.45, 7) is 2.20. The molecule has 1 heterocycles. The topological polar surface area (TPSA) is 84.2 Å². The highest BCUT2D eigenvalue weighted by molar-refractivity contribution is 5.96. The van der Waals surface area contributed by atoms with Crippen LogP contribution >= 0.6 is 0 Å². The largest absolute Gasteiger partial charge is 0.343 e. The summed E-state index contributed by atoms with van der Waals surface area (Å²) in [6.07, 6.45) is 1.35. The summed E-state index contributed by atoms with van der Waals surface area (Å²) in [4.78, 5) is 22.4. The lowest BCUT2D eigenvalue weighted by molar-refractivity contribution is -0.136. The van der Waals surface area contributed by atoms with Gasteiger partial charge in [-0.1, -0.05) is 0 Å². The van der Waals surface area contributed by atoms with Crippen LogP contribution in [0.2, 0.25) is 0 Å². The van der Waals surface area contributed by atoms with Gasteiger partial charge in [0.05, 0.1) is 0 Å². The highest BCUT2D eigenvalue weighted by Crippen LogP contribution is 2.02. The van der Waals surface area contributed by atoms with Crippen LogP contribution in [0, 0.1) is 0 Å². The Kier molecular flexibility index (Phi) is 3.25. The maximum absolute atomic E-state index is 11.3. The molecule has 0 aromatic heterocycles. The quantitative estimate of drug-likeness (QED) is 0.512. The SMILES string of the molecule is C[C@@H]1NC(=O)[C@H](CCCN)NC1=O. The number of rotatable bonds is 3. The second-order valence-electron chi connectivity index (χ2n) is 3.22. The van der Waals surface area contributed by atoms with E-state index >= 15 is 0 Å². The summed E-state index contributed by atoms with van der Waals surface area (Å²) in [7, 11) is 0. The van der Waals surface area contributed by atoms with Crippen molar-refractivity contribution in [2.45, 2.75) is 31.8 Å². The zero-order chi connectivity index (χ0) is 9.84. The van der Waals surface area contributed by atoms with Gasteiger partial charge in [0.15, 0.2) is 0 Å². The molecule has 0 aromatic rings. The van der Waals surface area contributed by atoms with Gasteiger partial charge in [-0.05, 0) is 26.3 Å². The second-order valence-corrected chi connectivity index (χ2v) is 3.22. The fourth-order valence-corrected chi connectivity index (χ4v) is 1.27. The molecule has 1 aliphatic heterocycles. The molecular formula is C8H15N3O2. The highest BCUT2D eigenvalue weighted by atomic mass is 16.2. The van der Waals surface area contributed by atoms with Crippen molar-refractivity contribution in [1.29, 1.82) is 0 Å². The third-order valence-corrected chi connectivity index (χ3v) is 2.08. The molecule has 1 fully saturated rings. The zero-order valence-corrected chi connectivity index (χ0v) is 7.67. The minimum atomic E-state index is -0.415. The van der Waals surface area contributed by atoms with E-state index in [2.05, 4.69) is 10.6 Å². The van der Waals surface area contributed by atoms with E-state index in [9.17, 15) is 9.59 Å². The van der Waals surface area contributed by atoms with Gasteiger partial charge in [0, 0.05) is 0 Å². The van der Waals surface area contributed by atoms with Gasteiger partial charge in [-0.15, -0.1) is 0 Å². The van der Waals surface area contributed by atoms with Crippen molar-refractivity contribution in [3.63, 3.8) is 0 Å². The number of amides is 2. The molecule has 1 rings (SSSR count). The van der Waals surface area contributed by atoms with Crippen molar-refractivity contribution in [3.8, 4) is 0 Å². The molecule has 0 spiro atoms. The van der Waals surface area contributed by atoms with Crippen LogP contribution in [0.1, 0.15) is 19.8 Å². The minimum Gasteiger partial charge on any atom is -0.343 e. The second kappa shape index (κ2) is 4.23. The summed E-state index contributed by atoms with van der Waals surface area (Å²) < 4.78 is 0. The molecule has 1 aliphatic rings. The number of nitrogens with two attached hydrogens (primary N) is 1. The Morgan fingerprint density at radius 1 is 1.31 bits per heavy atom. The number of carbonyl (C=O) groups is 2. The summed E-state index contributed by atoms with van der Waals surface area (Å²) in [6, 6.07) is -0.811. The monoisotopic (exact) mass is 185 g/mol. The molecule has 2 atom stereocenters. The number of nitrogens with one attached hydrogen (secondary N) is 2. The molecule has 74 valence electrons. The van der Waals surface area contributed by atoms with E-state index in [0.29, 0.717) is 13.0 Å². The van der Waals surface area contributed by atoms with Gasteiger partial charge in [-0.3, -0.25) is 9.59 Å². The molecule has 4 N–H and O–H groups in total. The lowest BCUT2D eigenvalue weighted by Gasteiger charge is -2.27. The first kappa shape index (κ1) is 9.98. The molecule has 1 saturated heterocycles. The summed E-state index contributed by atoms with van der Waals surface area (Å²) >= 11 is 0. The molecule has 2 amide bonds. The first-order valence-electron chi connectivity index (χ1n) is 4.46. The summed E-state index contributed by atoms with van der Waals surface area (Å²) in [5.41, 5.74) is 5.31. The van der Waals surface area contributed by atoms with Gasteiger partial charge in [-0.25, -0.2) is 0 Å². The average Bonchev–Trinajstić information content (AvgIpc) is 2.09. The lowest BCUT2D eigenvalue weighted by Crippen LogP contribution is -2.60. The van der Waals surface area contributed by atoms with Crippen molar-refractivity contribution in [2.24, 2.45) is 5.73 Å². The van der Waals surface area contributed by atoms with Gasteiger partial charge in [0.2, 0.25) is 11.8 Å². The van der Waals surface area contributed by atoms with Crippen molar-refractivity contribution in [2.75, 3.05) is 6.54 Å². The average molecular weight is 185 g/mol. The molecule has 13 heavy (non-hydrogen) atoms. The van der Waals surface area contributed by atoms with E-state index in [-0.39, 0.29) is 11.8 Å². The molecule has 0 unspecified atom stereocenters. The normalized spacial score (nSPS) is 28.2. The van der Waals surface area contributed by atoms with Crippen LogP contribution in [-0.2, 0) is 9.59 Å². The molecule has 0 saturated carbocycles. The van der Waals surface area contributed by atoms with Crippen LogP contribution in [0.3, 0.4) is 0 Å². The van der Waals surface area contributed by atoms with Crippen molar-refractivity contribution in [3.05, 3.63) is 0 Å². The smallest absolute Gasteiger partial charge is 0.243 e. The van der Waals surface area contributed by atoms with E-state index in [1.54, 1.807) is 6.92 Å². The van der Waals surface area contributed by atoms with Gasteiger partial charge in [-0.2, -0.15) is 0 Å². The van der Waals surface area contributed by atoms with Crippen molar-refractivity contribution < 1.29 is 9.59 Å². The standard InChI is InChI=1S/C8H15N3O2/c1-5-7(12)11-6(3-2-4-9)8(13)10-5/h5-6H,2-4,9H2,1H3,(H,10,13)(H,11,12)/t5-,6-/m0/s1. The maximum atomic E-state index is 11.3. The third-order valence-electron chi connectivity index (χ3n) is 2.08. The Labute approximate surface area is 77.1 Å². The van der Waals surface area contributed by atoms with Crippen LogP contribution in [0.25, 0.3) is 0 Å². The Morgan fingerprint density at radius 3 is 2.62 bits per heavy atom. The summed E-state index contributed by atoms with van der Waals surface area (Å²) in [5.74, 6) is -0.234. The lowest BCUT2D eigenvalue weighted by atomic mass is 10.1. The first-order valence-corrected chi connectivity index (χ1v) is 4.46. The van der Waals surface area contributed by atoms with Crippen LogP contribution < -0.4 is 16.4 Å². The fourth-order valence-electron chi connectivity index (χ4n) is 1.27. The minimum absolute atomic E-state index is 0.111. The number of hydrogen-bond acceptors (Lipinski definition) is 3. The van der Waals surface area contributed by atoms with E-state index in [4.69, 9.17) is 5.73 Å². The molecule has 0 bridgehead atoms. The van der Waals surface area contributed by atoms with Crippen molar-refractivity contribution >= 4 is 11.8 Å². The maximum Gasteiger partial charge on any atom is 0.243 e. The Morgan fingerprint density at radius 2 is 2.00 bits per heavy atom. The Bertz CT molecular complexity index is 217. The van der Waals surface area contributed by atoms with Crippen LogP contribution in [-0.4, -0.2) is 30.4 Å². The van der Waals surface area contributed by atoms with Crippen LogP contribution in [0.4, 0.5) is 0 Å². The fraction of sp³-hybridized carbons (Fsp3) is 0.750. The highest BCUT2D eigenvalue weighted by Gasteiger charge is 2.29. The number of hydrogen-bond donors (Lipinski definition) is 3. The zero-order valence-electron chi connectivity index (χ0n) is 7.67. The van der Waals surface area contributed by atoms with Gasteiger partial charge >= 0.3 is 0 Å². The molecule has 5 nitrogen and oxygen atoms in total. The predicted molar refractivity (Wildman–Crippen MR) is 47.8 cm³/mol. The van der Waals surface area contributed by atoms with E-state index in [0.717, 1.165) is 6.42 Å². The van der Waals surface area contributed by atoms with E-state index < -0.39 is 12.1 Å². The van der Waals surface area contributed by atoms with E-state index in [1.807, 2.05) is 0 Å². The number of carbonyl (C=O) groups excluding carboxylic acids is 2. The van der Waals surface area contributed by atoms with Crippen LogP contribution in [0.15, 0.2) is 0 Å².